The van der Waals surface area contributed by atoms with Crippen LogP contribution in [0.2, 0.25) is 0 Å². The largest absolute Gasteiger partial charge is 0.497 e. The van der Waals surface area contributed by atoms with Crippen LogP contribution in [0, 0.1) is 0 Å². The first-order valence-electron chi connectivity index (χ1n) is 9.09. The van der Waals surface area contributed by atoms with E-state index in [9.17, 15) is 4.79 Å². The Hall–Kier alpha value is -2.81. The number of nitrogens with zero attached hydrogens (tertiary/aromatic N) is 4. The number of ether oxygens (including phenoxy) is 1. The number of aromatic nitrogens is 5. The van der Waals surface area contributed by atoms with Crippen molar-refractivity contribution in [2.24, 2.45) is 0 Å². The first-order chi connectivity index (χ1) is 13.5. The quantitative estimate of drug-likeness (QED) is 0.559. The second kappa shape index (κ2) is 8.92. The third-order valence-corrected chi connectivity index (χ3v) is 5.37. The summed E-state index contributed by atoms with van der Waals surface area (Å²) >= 11 is 1.30. The van der Waals surface area contributed by atoms with E-state index in [0.717, 1.165) is 17.7 Å². The third-order valence-electron chi connectivity index (χ3n) is 4.41. The van der Waals surface area contributed by atoms with Crippen molar-refractivity contribution in [1.82, 2.24) is 25.0 Å². The van der Waals surface area contributed by atoms with E-state index >= 15 is 0 Å². The fraction of sp³-hybridized carbons (Fsp3) is 0.368. The zero-order chi connectivity index (χ0) is 20.1. The molecule has 1 aromatic carbocycles. The predicted octanol–water partition coefficient (Wildman–Crippen LogP) is 3.77. The number of anilines is 1. The average Bonchev–Trinajstić information content (AvgIpc) is 3.37. The summed E-state index contributed by atoms with van der Waals surface area (Å²) < 4.78 is 6.98. The number of carbonyl (C=O) groups excluding carboxylic acids is 1. The van der Waals surface area contributed by atoms with Crippen LogP contribution in [0.4, 0.5) is 5.82 Å². The van der Waals surface area contributed by atoms with Gasteiger partial charge in [-0.25, -0.2) is 9.67 Å². The Bertz CT molecular complexity index is 921. The highest BCUT2D eigenvalue weighted by Crippen LogP contribution is 2.25. The minimum Gasteiger partial charge on any atom is -0.497 e. The van der Waals surface area contributed by atoms with Gasteiger partial charge in [-0.05, 0) is 44.5 Å². The lowest BCUT2D eigenvalue weighted by Gasteiger charge is -2.15. The zero-order valence-corrected chi connectivity index (χ0v) is 17.2. The van der Waals surface area contributed by atoms with Crippen LogP contribution in [0.1, 0.15) is 33.2 Å². The molecule has 148 valence electrons. The second-order valence-electron chi connectivity index (χ2n) is 6.36. The van der Waals surface area contributed by atoms with E-state index in [1.807, 2.05) is 35.9 Å². The molecule has 3 rings (SSSR count). The topological polar surface area (TPSA) is 97.7 Å². The molecule has 2 atom stereocenters. The molecule has 0 radical (unpaired) electrons. The third kappa shape index (κ3) is 4.53. The SMILES string of the molecule is CC[C@@H](C)n1nccc1NC(=O)[C@H](C)Sc1n[nH]c(-c2ccc(OC)cc2)n1. The van der Waals surface area contributed by atoms with Crippen LogP contribution >= 0.6 is 11.8 Å². The first-order valence-corrected chi connectivity index (χ1v) is 9.97. The van der Waals surface area contributed by atoms with Crippen molar-refractivity contribution < 1.29 is 9.53 Å². The molecule has 0 saturated heterocycles. The summed E-state index contributed by atoms with van der Waals surface area (Å²) in [6.45, 7) is 5.97. The van der Waals surface area contributed by atoms with Crippen LogP contribution in [0.25, 0.3) is 11.4 Å². The molecule has 9 heteroatoms. The van der Waals surface area contributed by atoms with Crippen LogP contribution in [0.3, 0.4) is 0 Å². The summed E-state index contributed by atoms with van der Waals surface area (Å²) in [4.78, 5) is 17.0. The molecule has 0 aliphatic heterocycles. The van der Waals surface area contributed by atoms with Crippen molar-refractivity contribution in [2.75, 3.05) is 12.4 Å². The van der Waals surface area contributed by atoms with Gasteiger partial charge in [0.15, 0.2) is 5.82 Å². The maximum Gasteiger partial charge on any atom is 0.238 e. The number of carbonyl (C=O) groups is 1. The van der Waals surface area contributed by atoms with Gasteiger partial charge >= 0.3 is 0 Å². The number of hydrogen-bond acceptors (Lipinski definition) is 6. The molecular formula is C19H24N6O2S. The lowest BCUT2D eigenvalue weighted by Crippen LogP contribution is -2.24. The summed E-state index contributed by atoms with van der Waals surface area (Å²) in [6.07, 6.45) is 2.62. The van der Waals surface area contributed by atoms with Gasteiger partial charge in [-0.3, -0.25) is 9.89 Å². The van der Waals surface area contributed by atoms with Crippen molar-refractivity contribution in [3.05, 3.63) is 36.5 Å². The van der Waals surface area contributed by atoms with Crippen molar-refractivity contribution in [1.29, 1.82) is 0 Å². The molecule has 2 heterocycles. The number of methoxy groups -OCH3 is 1. The molecule has 0 unspecified atom stereocenters. The number of H-pyrrole nitrogens is 1. The Kier molecular flexibility index (Phi) is 6.35. The number of hydrogen-bond donors (Lipinski definition) is 2. The molecule has 0 aliphatic carbocycles. The molecule has 0 aliphatic rings. The second-order valence-corrected chi connectivity index (χ2v) is 7.67. The van der Waals surface area contributed by atoms with Crippen LogP contribution in [0.15, 0.2) is 41.7 Å². The lowest BCUT2D eigenvalue weighted by molar-refractivity contribution is -0.115. The minimum absolute atomic E-state index is 0.120. The van der Waals surface area contributed by atoms with Gasteiger partial charge in [0.05, 0.1) is 24.6 Å². The van der Waals surface area contributed by atoms with E-state index in [1.165, 1.54) is 11.8 Å². The minimum atomic E-state index is -0.361. The maximum absolute atomic E-state index is 12.6. The van der Waals surface area contributed by atoms with Gasteiger partial charge in [0.2, 0.25) is 11.1 Å². The Balaban J connectivity index is 1.63. The summed E-state index contributed by atoms with van der Waals surface area (Å²) in [6, 6.07) is 9.55. The number of thioether (sulfide) groups is 1. The van der Waals surface area contributed by atoms with E-state index in [4.69, 9.17) is 4.74 Å². The normalized spacial score (nSPS) is 13.1. The van der Waals surface area contributed by atoms with Crippen LogP contribution < -0.4 is 10.1 Å². The zero-order valence-electron chi connectivity index (χ0n) is 16.3. The Labute approximate surface area is 168 Å². The smallest absolute Gasteiger partial charge is 0.238 e. The fourth-order valence-electron chi connectivity index (χ4n) is 2.55. The highest BCUT2D eigenvalue weighted by atomic mass is 32.2. The molecule has 1 amide bonds. The van der Waals surface area contributed by atoms with Crippen LogP contribution in [-0.4, -0.2) is 43.2 Å². The maximum atomic E-state index is 12.6. The van der Waals surface area contributed by atoms with Crippen LogP contribution in [0.5, 0.6) is 5.75 Å². The monoisotopic (exact) mass is 400 g/mol. The number of benzene rings is 1. The first kappa shape index (κ1) is 19.9. The molecule has 8 nitrogen and oxygen atoms in total. The summed E-state index contributed by atoms with van der Waals surface area (Å²) in [5.74, 6) is 2.00. The van der Waals surface area contributed by atoms with E-state index in [2.05, 4.69) is 39.4 Å². The summed E-state index contributed by atoms with van der Waals surface area (Å²) in [5.41, 5.74) is 0.898. The summed E-state index contributed by atoms with van der Waals surface area (Å²) in [7, 11) is 1.63. The standard InChI is InChI=1S/C19H24N6O2S/c1-5-12(2)25-16(10-11-20-25)21-18(26)13(3)28-19-22-17(23-24-19)14-6-8-15(27-4)9-7-14/h6-13H,5H2,1-4H3,(H,21,26)(H,22,23,24)/t12-,13+/m1/s1. The Morgan fingerprint density at radius 1 is 1.29 bits per heavy atom. The van der Waals surface area contributed by atoms with E-state index < -0.39 is 0 Å². The lowest BCUT2D eigenvalue weighted by atomic mass is 10.2. The van der Waals surface area contributed by atoms with Gasteiger partial charge in [0.1, 0.15) is 11.6 Å². The number of rotatable bonds is 8. The Morgan fingerprint density at radius 2 is 2.04 bits per heavy atom. The van der Waals surface area contributed by atoms with E-state index in [0.29, 0.717) is 16.8 Å². The van der Waals surface area contributed by atoms with Gasteiger partial charge in [-0.15, -0.1) is 5.10 Å². The van der Waals surface area contributed by atoms with Gasteiger partial charge in [-0.2, -0.15) is 5.10 Å². The molecular weight excluding hydrogens is 376 g/mol. The fourth-order valence-corrected chi connectivity index (χ4v) is 3.28. The van der Waals surface area contributed by atoms with E-state index in [1.54, 1.807) is 19.4 Å². The average molecular weight is 401 g/mol. The molecule has 0 bridgehead atoms. The molecule has 0 spiro atoms. The summed E-state index contributed by atoms with van der Waals surface area (Å²) in [5, 5.41) is 14.5. The predicted molar refractivity (Wildman–Crippen MR) is 110 cm³/mol. The highest BCUT2D eigenvalue weighted by Gasteiger charge is 2.19. The van der Waals surface area contributed by atoms with Gasteiger partial charge in [-0.1, -0.05) is 18.7 Å². The Morgan fingerprint density at radius 3 is 2.71 bits per heavy atom. The molecule has 0 saturated carbocycles. The molecule has 2 aromatic heterocycles. The van der Waals surface area contributed by atoms with Crippen molar-refractivity contribution in [2.45, 2.75) is 43.6 Å². The molecule has 3 aromatic rings. The highest BCUT2D eigenvalue weighted by molar-refractivity contribution is 8.00. The molecule has 0 fully saturated rings. The van der Waals surface area contributed by atoms with Gasteiger partial charge in [0.25, 0.3) is 0 Å². The molecule has 28 heavy (non-hydrogen) atoms. The van der Waals surface area contributed by atoms with Crippen molar-refractivity contribution >= 4 is 23.5 Å². The molecule has 2 N–H and O–H groups in total. The number of amides is 1. The number of aromatic amines is 1. The van der Waals surface area contributed by atoms with E-state index in [-0.39, 0.29) is 17.2 Å². The number of nitrogens with one attached hydrogen (secondary N) is 2. The van der Waals surface area contributed by atoms with Crippen LogP contribution in [-0.2, 0) is 4.79 Å². The van der Waals surface area contributed by atoms with Gasteiger partial charge in [0, 0.05) is 11.6 Å². The van der Waals surface area contributed by atoms with Crippen molar-refractivity contribution in [3.63, 3.8) is 0 Å². The van der Waals surface area contributed by atoms with Crippen molar-refractivity contribution in [3.8, 4) is 17.1 Å². The van der Waals surface area contributed by atoms with Gasteiger partial charge < -0.3 is 10.1 Å².